The van der Waals surface area contributed by atoms with Crippen molar-refractivity contribution in [3.8, 4) is 5.75 Å². The number of methoxy groups -OCH3 is 1. The molecule has 1 aromatic rings. The number of hydrogen-bond donors (Lipinski definition) is 2. The van der Waals surface area contributed by atoms with E-state index in [-0.39, 0.29) is 12.1 Å². The van der Waals surface area contributed by atoms with E-state index < -0.39 is 5.60 Å². The lowest BCUT2D eigenvalue weighted by atomic mass is 10.2. The first kappa shape index (κ1) is 15.6. The molecular weight excluding hydrogens is 268 g/mol. The summed E-state index contributed by atoms with van der Waals surface area (Å²) >= 11 is 0. The van der Waals surface area contributed by atoms with Crippen LogP contribution in [0.1, 0.15) is 32.8 Å². The molecule has 0 radical (unpaired) electrons. The average molecular weight is 292 g/mol. The van der Waals surface area contributed by atoms with Gasteiger partial charge in [-0.2, -0.15) is 0 Å². The lowest BCUT2D eigenvalue weighted by molar-refractivity contribution is 0.0522. The molecule has 2 unspecified atom stereocenters. The zero-order valence-electron chi connectivity index (χ0n) is 13.1. The van der Waals surface area contributed by atoms with Gasteiger partial charge in [0.15, 0.2) is 0 Å². The quantitative estimate of drug-likeness (QED) is 0.875. The van der Waals surface area contributed by atoms with E-state index in [2.05, 4.69) is 10.6 Å². The molecule has 0 bridgehead atoms. The first-order chi connectivity index (χ1) is 9.89. The van der Waals surface area contributed by atoms with E-state index in [4.69, 9.17) is 9.47 Å². The predicted molar refractivity (Wildman–Crippen MR) is 81.4 cm³/mol. The Kier molecular flexibility index (Phi) is 4.73. The van der Waals surface area contributed by atoms with Crippen LogP contribution in [-0.2, 0) is 11.3 Å². The van der Waals surface area contributed by atoms with Crippen LogP contribution in [0, 0.1) is 0 Å². The van der Waals surface area contributed by atoms with Crippen molar-refractivity contribution >= 4 is 6.09 Å². The number of para-hydroxylation sites is 1. The van der Waals surface area contributed by atoms with Crippen LogP contribution in [0.3, 0.4) is 0 Å². The van der Waals surface area contributed by atoms with Crippen molar-refractivity contribution in [2.24, 2.45) is 0 Å². The summed E-state index contributed by atoms with van der Waals surface area (Å²) in [5, 5.41) is 6.29. The van der Waals surface area contributed by atoms with Crippen molar-refractivity contribution in [2.75, 3.05) is 7.11 Å². The SMILES string of the molecule is COc1ccccc1CNC1CC1NC(=O)OC(C)(C)C. The summed E-state index contributed by atoms with van der Waals surface area (Å²) in [6.45, 7) is 6.30. The molecule has 1 fully saturated rings. The Balaban J connectivity index is 1.74. The maximum atomic E-state index is 11.6. The Hall–Kier alpha value is -1.75. The molecule has 5 heteroatoms. The monoisotopic (exact) mass is 292 g/mol. The van der Waals surface area contributed by atoms with Gasteiger partial charge in [-0.25, -0.2) is 4.79 Å². The van der Waals surface area contributed by atoms with Gasteiger partial charge in [0.2, 0.25) is 0 Å². The highest BCUT2D eigenvalue weighted by Gasteiger charge is 2.38. The second-order valence-corrected chi connectivity index (χ2v) is 6.29. The van der Waals surface area contributed by atoms with Gasteiger partial charge in [0.25, 0.3) is 0 Å². The summed E-state index contributed by atoms with van der Waals surface area (Å²) in [5.41, 5.74) is 0.655. The van der Waals surface area contributed by atoms with E-state index in [0.717, 1.165) is 24.3 Å². The Morgan fingerprint density at radius 3 is 2.67 bits per heavy atom. The molecule has 0 spiro atoms. The van der Waals surface area contributed by atoms with Gasteiger partial charge in [-0.15, -0.1) is 0 Å². The molecular formula is C16H24N2O3. The first-order valence-corrected chi connectivity index (χ1v) is 7.24. The van der Waals surface area contributed by atoms with Crippen LogP contribution in [0.2, 0.25) is 0 Å². The maximum absolute atomic E-state index is 11.6. The number of carbonyl (C=O) groups is 1. The molecule has 1 aromatic carbocycles. The van der Waals surface area contributed by atoms with Crippen LogP contribution in [0.15, 0.2) is 24.3 Å². The normalized spacial score (nSPS) is 20.8. The lowest BCUT2D eigenvalue weighted by Gasteiger charge is -2.19. The van der Waals surface area contributed by atoms with Gasteiger partial charge in [-0.3, -0.25) is 0 Å². The molecule has 0 saturated heterocycles. The molecule has 0 heterocycles. The van der Waals surface area contributed by atoms with Gasteiger partial charge < -0.3 is 20.1 Å². The molecule has 5 nitrogen and oxygen atoms in total. The number of amides is 1. The van der Waals surface area contributed by atoms with Crippen LogP contribution in [0.5, 0.6) is 5.75 Å². The number of carbonyl (C=O) groups excluding carboxylic acids is 1. The summed E-state index contributed by atoms with van der Waals surface area (Å²) < 4.78 is 10.6. The first-order valence-electron chi connectivity index (χ1n) is 7.24. The molecule has 0 aromatic heterocycles. The molecule has 2 atom stereocenters. The molecule has 1 aliphatic rings. The number of nitrogens with one attached hydrogen (secondary N) is 2. The molecule has 1 aliphatic carbocycles. The van der Waals surface area contributed by atoms with E-state index >= 15 is 0 Å². The van der Waals surface area contributed by atoms with Gasteiger partial charge in [0.05, 0.1) is 7.11 Å². The van der Waals surface area contributed by atoms with Crippen LogP contribution >= 0.6 is 0 Å². The standard InChI is InChI=1S/C16H24N2O3/c1-16(2,3)21-15(19)18-13-9-12(13)17-10-11-7-5-6-8-14(11)20-4/h5-8,12-13,17H,9-10H2,1-4H3,(H,18,19). The Morgan fingerprint density at radius 1 is 1.29 bits per heavy atom. The Labute approximate surface area is 126 Å². The molecule has 1 saturated carbocycles. The van der Waals surface area contributed by atoms with E-state index in [9.17, 15) is 4.79 Å². The molecule has 2 N–H and O–H groups in total. The van der Waals surface area contributed by atoms with Crippen molar-refractivity contribution in [1.82, 2.24) is 10.6 Å². The second kappa shape index (κ2) is 6.35. The van der Waals surface area contributed by atoms with Gasteiger partial charge in [-0.05, 0) is 33.3 Å². The molecule has 116 valence electrons. The highest BCUT2D eigenvalue weighted by Crippen LogP contribution is 2.24. The third-order valence-corrected chi connectivity index (χ3v) is 3.24. The lowest BCUT2D eigenvalue weighted by Crippen LogP contribution is -2.36. The third-order valence-electron chi connectivity index (χ3n) is 3.24. The van der Waals surface area contributed by atoms with Crippen molar-refractivity contribution in [1.29, 1.82) is 0 Å². The van der Waals surface area contributed by atoms with E-state index in [1.54, 1.807) is 7.11 Å². The molecule has 0 aliphatic heterocycles. The summed E-state index contributed by atoms with van der Waals surface area (Å²) in [6, 6.07) is 8.36. The minimum Gasteiger partial charge on any atom is -0.496 e. The van der Waals surface area contributed by atoms with E-state index in [0.29, 0.717) is 6.04 Å². The van der Waals surface area contributed by atoms with Crippen molar-refractivity contribution in [2.45, 2.75) is 51.4 Å². The van der Waals surface area contributed by atoms with E-state index in [1.807, 2.05) is 45.0 Å². The minimum absolute atomic E-state index is 0.148. The molecule has 2 rings (SSSR count). The topological polar surface area (TPSA) is 59.6 Å². The minimum atomic E-state index is -0.459. The summed E-state index contributed by atoms with van der Waals surface area (Å²) in [7, 11) is 1.67. The summed E-state index contributed by atoms with van der Waals surface area (Å²) in [4.78, 5) is 11.6. The highest BCUT2D eigenvalue weighted by molar-refractivity contribution is 5.68. The van der Waals surface area contributed by atoms with Crippen molar-refractivity contribution in [3.05, 3.63) is 29.8 Å². The smallest absolute Gasteiger partial charge is 0.407 e. The van der Waals surface area contributed by atoms with E-state index in [1.165, 1.54) is 0 Å². The Bertz CT molecular complexity index is 497. The predicted octanol–water partition coefficient (Wildman–Crippen LogP) is 2.45. The third kappa shape index (κ3) is 4.93. The van der Waals surface area contributed by atoms with Gasteiger partial charge in [0.1, 0.15) is 11.4 Å². The van der Waals surface area contributed by atoms with Crippen molar-refractivity contribution < 1.29 is 14.3 Å². The highest BCUT2D eigenvalue weighted by atomic mass is 16.6. The maximum Gasteiger partial charge on any atom is 0.407 e. The average Bonchev–Trinajstić information content (AvgIpc) is 3.12. The number of benzene rings is 1. The van der Waals surface area contributed by atoms with Crippen molar-refractivity contribution in [3.63, 3.8) is 0 Å². The number of rotatable bonds is 5. The zero-order valence-corrected chi connectivity index (χ0v) is 13.1. The van der Waals surface area contributed by atoms with Crippen LogP contribution in [0.25, 0.3) is 0 Å². The molecule has 1 amide bonds. The Morgan fingerprint density at radius 2 is 2.00 bits per heavy atom. The van der Waals surface area contributed by atoms with Gasteiger partial charge in [0, 0.05) is 24.2 Å². The number of alkyl carbamates (subject to hydrolysis) is 1. The fourth-order valence-electron chi connectivity index (χ4n) is 2.13. The fourth-order valence-corrected chi connectivity index (χ4v) is 2.13. The number of hydrogen-bond acceptors (Lipinski definition) is 4. The van der Waals surface area contributed by atoms with Crippen LogP contribution in [-0.4, -0.2) is 30.9 Å². The van der Waals surface area contributed by atoms with Gasteiger partial charge in [-0.1, -0.05) is 18.2 Å². The summed E-state index contributed by atoms with van der Waals surface area (Å²) in [5.74, 6) is 0.877. The summed E-state index contributed by atoms with van der Waals surface area (Å²) in [6.07, 6.45) is 0.572. The zero-order chi connectivity index (χ0) is 15.5. The second-order valence-electron chi connectivity index (χ2n) is 6.29. The fraction of sp³-hybridized carbons (Fsp3) is 0.562. The van der Waals surface area contributed by atoms with Crippen LogP contribution < -0.4 is 15.4 Å². The molecule has 21 heavy (non-hydrogen) atoms. The largest absolute Gasteiger partial charge is 0.496 e. The van der Waals surface area contributed by atoms with Gasteiger partial charge >= 0.3 is 6.09 Å². The van der Waals surface area contributed by atoms with Crippen LogP contribution in [0.4, 0.5) is 4.79 Å². The number of ether oxygens (including phenoxy) is 2.